The first kappa shape index (κ1) is 13.5. The third-order valence-electron chi connectivity index (χ3n) is 2.02. The number of nitrogens with one attached hydrogen (secondary N) is 1. The smallest absolute Gasteiger partial charge is 0.390 e. The lowest BCUT2D eigenvalue weighted by molar-refractivity contribution is -0.394. The van der Waals surface area contributed by atoms with Crippen molar-refractivity contribution >= 4 is 5.95 Å². The van der Waals surface area contributed by atoms with Gasteiger partial charge < -0.3 is 20.5 Å². The highest BCUT2D eigenvalue weighted by Crippen LogP contribution is 2.00. The number of nitro groups is 1. The summed E-state index contributed by atoms with van der Waals surface area (Å²) in [6.45, 7) is 5.56. The van der Waals surface area contributed by atoms with Crippen molar-refractivity contribution in [3.8, 4) is 0 Å². The maximum atomic E-state index is 10.3. The van der Waals surface area contributed by atoms with Gasteiger partial charge in [0.25, 0.3) is 0 Å². The quantitative estimate of drug-likeness (QED) is 0.507. The van der Waals surface area contributed by atoms with Crippen LogP contribution in [0.3, 0.4) is 0 Å². The largest absolute Gasteiger partial charge is 0.490 e. The first-order valence-corrected chi connectivity index (χ1v) is 5.41. The summed E-state index contributed by atoms with van der Waals surface area (Å²) in [5.41, 5.74) is 0. The van der Waals surface area contributed by atoms with Crippen LogP contribution in [-0.4, -0.2) is 44.0 Å². The van der Waals surface area contributed by atoms with Crippen LogP contribution in [-0.2, 0) is 6.54 Å². The minimum Gasteiger partial charge on any atom is -0.390 e. The highest BCUT2D eigenvalue weighted by molar-refractivity contribution is 4.96. The van der Waals surface area contributed by atoms with Crippen molar-refractivity contribution in [2.24, 2.45) is 5.92 Å². The minimum absolute atomic E-state index is 0.186. The van der Waals surface area contributed by atoms with E-state index in [9.17, 15) is 15.2 Å². The maximum Gasteiger partial charge on any atom is 0.490 e. The summed E-state index contributed by atoms with van der Waals surface area (Å²) in [4.78, 5) is 13.2. The Hall–Kier alpha value is -1.54. The molecular weight excluding hydrogens is 226 g/mol. The molecule has 96 valence electrons. The Labute approximate surface area is 98.8 Å². The molecule has 1 unspecified atom stereocenters. The van der Waals surface area contributed by atoms with E-state index in [1.165, 1.54) is 11.0 Å². The minimum atomic E-state index is -0.667. The first-order chi connectivity index (χ1) is 7.99. The molecule has 1 atom stereocenters. The van der Waals surface area contributed by atoms with Crippen LogP contribution in [0.4, 0.5) is 5.95 Å². The molecule has 0 aromatic carbocycles. The molecular formula is C9H17N5O3. The zero-order valence-electron chi connectivity index (χ0n) is 9.91. The zero-order valence-corrected chi connectivity index (χ0v) is 9.91. The van der Waals surface area contributed by atoms with Crippen LogP contribution in [0.15, 0.2) is 6.33 Å². The molecule has 0 fully saturated rings. The molecule has 1 aromatic rings. The van der Waals surface area contributed by atoms with E-state index in [2.05, 4.69) is 29.2 Å². The molecule has 0 amide bonds. The number of aliphatic hydroxyl groups is 1. The van der Waals surface area contributed by atoms with Gasteiger partial charge >= 0.3 is 5.95 Å². The Kier molecular flexibility index (Phi) is 4.98. The summed E-state index contributed by atoms with van der Waals surface area (Å²) in [6, 6.07) is 0. The van der Waals surface area contributed by atoms with E-state index >= 15 is 0 Å². The van der Waals surface area contributed by atoms with E-state index in [-0.39, 0.29) is 6.54 Å². The van der Waals surface area contributed by atoms with E-state index < -0.39 is 17.0 Å². The fourth-order valence-electron chi connectivity index (χ4n) is 1.28. The summed E-state index contributed by atoms with van der Waals surface area (Å²) in [7, 11) is 0. The monoisotopic (exact) mass is 243 g/mol. The fourth-order valence-corrected chi connectivity index (χ4v) is 1.28. The molecule has 1 heterocycles. The molecule has 0 aliphatic heterocycles. The van der Waals surface area contributed by atoms with Crippen LogP contribution in [0.2, 0.25) is 0 Å². The second-order valence-corrected chi connectivity index (χ2v) is 4.23. The van der Waals surface area contributed by atoms with E-state index in [1.54, 1.807) is 0 Å². The summed E-state index contributed by atoms with van der Waals surface area (Å²) in [5, 5.41) is 26.7. The summed E-state index contributed by atoms with van der Waals surface area (Å²) in [6.07, 6.45) is 0.596. The van der Waals surface area contributed by atoms with Gasteiger partial charge in [-0.05, 0) is 17.4 Å². The van der Waals surface area contributed by atoms with Gasteiger partial charge in [0, 0.05) is 11.6 Å². The topological polar surface area (TPSA) is 106 Å². The molecule has 0 spiro atoms. The average molecular weight is 243 g/mol. The van der Waals surface area contributed by atoms with Crippen molar-refractivity contribution in [2.45, 2.75) is 26.5 Å². The van der Waals surface area contributed by atoms with Crippen LogP contribution in [0.5, 0.6) is 0 Å². The van der Waals surface area contributed by atoms with Crippen molar-refractivity contribution in [2.75, 3.05) is 13.1 Å². The summed E-state index contributed by atoms with van der Waals surface area (Å²) < 4.78 is 1.26. The van der Waals surface area contributed by atoms with Crippen molar-refractivity contribution in [3.05, 3.63) is 16.4 Å². The predicted octanol–water partition coefficient (Wildman–Crippen LogP) is -0.207. The molecule has 0 saturated carbocycles. The molecule has 0 radical (unpaired) electrons. The molecule has 2 N–H and O–H groups in total. The molecule has 0 bridgehead atoms. The van der Waals surface area contributed by atoms with Gasteiger partial charge in [0.15, 0.2) is 0 Å². The lowest BCUT2D eigenvalue weighted by Gasteiger charge is -2.11. The van der Waals surface area contributed by atoms with Crippen molar-refractivity contribution < 1.29 is 10.0 Å². The van der Waals surface area contributed by atoms with Crippen molar-refractivity contribution in [1.82, 2.24) is 20.1 Å². The normalized spacial score (nSPS) is 12.9. The number of nitrogens with zero attached hydrogens (tertiary/aromatic N) is 4. The third kappa shape index (κ3) is 4.87. The highest BCUT2D eigenvalue weighted by atomic mass is 16.6. The van der Waals surface area contributed by atoms with Gasteiger partial charge in [-0.2, -0.15) is 4.68 Å². The van der Waals surface area contributed by atoms with E-state index in [1.807, 2.05) is 0 Å². The second kappa shape index (κ2) is 6.26. The second-order valence-electron chi connectivity index (χ2n) is 4.23. The van der Waals surface area contributed by atoms with Gasteiger partial charge in [0.2, 0.25) is 6.33 Å². The van der Waals surface area contributed by atoms with Crippen LogP contribution in [0, 0.1) is 16.0 Å². The molecule has 0 aliphatic carbocycles. The molecule has 8 heteroatoms. The predicted molar refractivity (Wildman–Crippen MR) is 60.4 cm³/mol. The molecule has 1 aromatic heterocycles. The first-order valence-electron chi connectivity index (χ1n) is 5.41. The number of rotatable bonds is 7. The van der Waals surface area contributed by atoms with Crippen LogP contribution in [0.25, 0.3) is 0 Å². The van der Waals surface area contributed by atoms with Crippen molar-refractivity contribution in [3.63, 3.8) is 0 Å². The average Bonchev–Trinajstić information content (AvgIpc) is 2.65. The van der Waals surface area contributed by atoms with E-state index in [0.717, 1.165) is 6.54 Å². The summed E-state index contributed by atoms with van der Waals surface area (Å²) in [5.74, 6) is 0.0574. The number of hydrogen-bond donors (Lipinski definition) is 2. The molecule has 17 heavy (non-hydrogen) atoms. The Bertz CT molecular complexity index is 365. The van der Waals surface area contributed by atoms with Crippen LogP contribution in [0.1, 0.15) is 13.8 Å². The maximum absolute atomic E-state index is 10.3. The van der Waals surface area contributed by atoms with E-state index in [0.29, 0.717) is 12.5 Å². The number of aliphatic hydroxyl groups excluding tert-OH is 1. The van der Waals surface area contributed by atoms with Gasteiger partial charge in [-0.1, -0.05) is 18.8 Å². The lowest BCUT2D eigenvalue weighted by Crippen LogP contribution is -2.32. The van der Waals surface area contributed by atoms with Gasteiger partial charge in [0.05, 0.1) is 12.6 Å². The van der Waals surface area contributed by atoms with E-state index in [4.69, 9.17) is 0 Å². The fraction of sp³-hybridized carbons (Fsp3) is 0.778. The molecule has 0 aliphatic rings. The zero-order chi connectivity index (χ0) is 12.8. The Morgan fingerprint density at radius 3 is 2.82 bits per heavy atom. The Morgan fingerprint density at radius 2 is 2.29 bits per heavy atom. The van der Waals surface area contributed by atoms with Gasteiger partial charge in [-0.25, -0.2) is 0 Å². The number of hydrogen-bond acceptors (Lipinski definition) is 6. The standard InChI is InChI=1S/C9H17N5O3/c1-7(2)3-10-4-8(15)5-13-6-11-9(12-13)14(16)17/h6-8,10,15H,3-5H2,1-2H3. The summed E-state index contributed by atoms with van der Waals surface area (Å²) >= 11 is 0. The van der Waals surface area contributed by atoms with Gasteiger partial charge in [0.1, 0.15) is 0 Å². The van der Waals surface area contributed by atoms with Gasteiger partial charge in [-0.15, -0.1) is 0 Å². The number of aromatic nitrogens is 3. The molecule has 8 nitrogen and oxygen atoms in total. The van der Waals surface area contributed by atoms with Crippen LogP contribution >= 0.6 is 0 Å². The Morgan fingerprint density at radius 1 is 1.59 bits per heavy atom. The van der Waals surface area contributed by atoms with Gasteiger partial charge in [-0.3, -0.25) is 0 Å². The highest BCUT2D eigenvalue weighted by Gasteiger charge is 2.15. The Balaban J connectivity index is 2.34. The lowest BCUT2D eigenvalue weighted by atomic mass is 10.2. The van der Waals surface area contributed by atoms with Crippen molar-refractivity contribution in [1.29, 1.82) is 0 Å². The van der Waals surface area contributed by atoms with Crippen LogP contribution < -0.4 is 5.32 Å². The molecule has 0 saturated heterocycles. The SMILES string of the molecule is CC(C)CNCC(O)Cn1cnc([N+](=O)[O-])n1. The third-order valence-corrected chi connectivity index (χ3v) is 2.02. The molecule has 1 rings (SSSR count).